The van der Waals surface area contributed by atoms with Crippen LogP contribution in [0.2, 0.25) is 5.04 Å². The minimum absolute atomic E-state index is 0.00325. The van der Waals surface area contributed by atoms with Crippen molar-refractivity contribution in [1.29, 1.82) is 0 Å². The van der Waals surface area contributed by atoms with Crippen LogP contribution in [0, 0.1) is 0 Å². The van der Waals surface area contributed by atoms with Crippen molar-refractivity contribution in [3.8, 4) is 0 Å². The first-order valence-corrected chi connectivity index (χ1v) is 15.2. The first-order chi connectivity index (χ1) is 18.1. The monoisotopic (exact) mass is 554 g/mol. The summed E-state index contributed by atoms with van der Waals surface area (Å²) >= 11 is 0. The first kappa shape index (κ1) is 29.1. The molecule has 0 bridgehead atoms. The molecule has 208 valence electrons. The molecule has 0 N–H and O–H groups in total. The molecule has 3 nitrogen and oxygen atoms in total. The van der Waals surface area contributed by atoms with Crippen molar-refractivity contribution in [3.63, 3.8) is 0 Å². The third-order valence-corrected chi connectivity index (χ3v) is 12.3. The summed E-state index contributed by atoms with van der Waals surface area (Å²) in [5.41, 5.74) is -1.98. The number of hydrogen-bond acceptors (Lipinski definition) is 3. The van der Waals surface area contributed by atoms with Gasteiger partial charge in [0.25, 0.3) is 8.32 Å². The van der Waals surface area contributed by atoms with Crippen LogP contribution in [0.4, 0.5) is 13.2 Å². The van der Waals surface area contributed by atoms with E-state index >= 15 is 0 Å². The number of halogens is 3. The Morgan fingerprint density at radius 2 is 1.33 bits per heavy atom. The van der Waals surface area contributed by atoms with Crippen molar-refractivity contribution in [2.45, 2.75) is 83.2 Å². The van der Waals surface area contributed by atoms with E-state index in [9.17, 15) is 18.0 Å². The highest BCUT2D eigenvalue weighted by atomic mass is 28.4. The Hall–Kier alpha value is -2.90. The second-order valence-corrected chi connectivity index (χ2v) is 16.8. The zero-order valence-electron chi connectivity index (χ0n) is 23.5. The van der Waals surface area contributed by atoms with Gasteiger partial charge in [-0.25, -0.2) is 4.79 Å². The van der Waals surface area contributed by atoms with Gasteiger partial charge in [-0.05, 0) is 72.3 Å². The van der Waals surface area contributed by atoms with E-state index in [4.69, 9.17) is 9.16 Å². The maximum atomic E-state index is 14.2. The average Bonchev–Trinajstić information content (AvgIpc) is 3.66. The van der Waals surface area contributed by atoms with E-state index in [-0.39, 0.29) is 35.6 Å². The zero-order valence-corrected chi connectivity index (χ0v) is 24.5. The molecule has 3 aromatic rings. The molecular weight excluding hydrogens is 517 g/mol. The van der Waals surface area contributed by atoms with E-state index in [1.807, 2.05) is 36.4 Å². The van der Waals surface area contributed by atoms with Crippen LogP contribution in [-0.2, 0) is 21.2 Å². The van der Waals surface area contributed by atoms with Gasteiger partial charge in [0.1, 0.15) is 5.60 Å². The minimum atomic E-state index is -4.41. The Balaban J connectivity index is 1.82. The van der Waals surface area contributed by atoms with Gasteiger partial charge in [-0.1, -0.05) is 87.5 Å². The largest absolute Gasteiger partial charge is 0.456 e. The molecule has 0 heterocycles. The summed E-state index contributed by atoms with van der Waals surface area (Å²) in [5.74, 6) is -0.644. The minimum Gasteiger partial charge on any atom is -0.456 e. The molecule has 1 aliphatic rings. The Morgan fingerprint density at radius 3 is 1.74 bits per heavy atom. The molecule has 1 fully saturated rings. The van der Waals surface area contributed by atoms with Gasteiger partial charge in [-0.15, -0.1) is 0 Å². The highest BCUT2D eigenvalue weighted by Crippen LogP contribution is 2.59. The number of carbonyl (C=O) groups excluding carboxylic acids is 1. The topological polar surface area (TPSA) is 35.5 Å². The normalized spacial score (nSPS) is 15.6. The molecule has 1 aliphatic carbocycles. The molecule has 1 saturated carbocycles. The van der Waals surface area contributed by atoms with Crippen LogP contribution in [-0.4, -0.2) is 26.1 Å². The van der Waals surface area contributed by atoms with Crippen LogP contribution >= 0.6 is 0 Å². The predicted molar refractivity (Wildman–Crippen MR) is 151 cm³/mol. The molecule has 0 saturated heterocycles. The molecule has 0 radical (unpaired) electrons. The molecule has 0 aromatic heterocycles. The molecule has 0 unspecified atom stereocenters. The lowest BCUT2D eigenvalue weighted by molar-refractivity contribution is -0.160. The number of hydrogen-bond donors (Lipinski definition) is 0. The van der Waals surface area contributed by atoms with Crippen molar-refractivity contribution in [2.24, 2.45) is 0 Å². The molecule has 7 heteroatoms. The van der Waals surface area contributed by atoms with E-state index in [0.717, 1.165) is 10.4 Å². The van der Waals surface area contributed by atoms with Crippen molar-refractivity contribution in [3.05, 3.63) is 95.6 Å². The average molecular weight is 555 g/mol. The standard InChI is InChI=1S/C32H37F3O3Si/c1-29(2,3)38-28(36)24-19-23(20-25(21-24)31(17-18-31)32(33,34)35)22-37-39(30(4,5)6,26-13-9-7-10-14-26)27-15-11-8-12-16-27/h7-16,19-21H,17-18,22H2,1-6H3. The van der Waals surface area contributed by atoms with Crippen molar-refractivity contribution in [1.82, 2.24) is 0 Å². The Kier molecular flexibility index (Phi) is 7.64. The van der Waals surface area contributed by atoms with Gasteiger partial charge < -0.3 is 9.16 Å². The van der Waals surface area contributed by atoms with Gasteiger partial charge in [0, 0.05) is 0 Å². The zero-order chi connectivity index (χ0) is 28.7. The van der Waals surface area contributed by atoms with E-state index in [2.05, 4.69) is 45.0 Å². The second-order valence-electron chi connectivity index (χ2n) is 12.5. The van der Waals surface area contributed by atoms with Crippen molar-refractivity contribution < 1.29 is 27.1 Å². The highest BCUT2D eigenvalue weighted by Gasteiger charge is 2.64. The smallest absolute Gasteiger partial charge is 0.398 e. The van der Waals surface area contributed by atoms with Crippen LogP contribution in [0.15, 0.2) is 78.9 Å². The van der Waals surface area contributed by atoms with Crippen LogP contribution in [0.25, 0.3) is 0 Å². The molecular formula is C32H37F3O3Si. The lowest BCUT2D eigenvalue weighted by atomic mass is 9.91. The second kappa shape index (κ2) is 10.2. The fourth-order valence-electron chi connectivity index (χ4n) is 5.32. The third kappa shape index (κ3) is 5.85. The molecule has 0 aliphatic heterocycles. The summed E-state index contributed by atoms with van der Waals surface area (Å²) in [6.45, 7) is 11.7. The van der Waals surface area contributed by atoms with Gasteiger partial charge >= 0.3 is 12.1 Å². The Morgan fingerprint density at radius 1 is 0.821 bits per heavy atom. The van der Waals surface area contributed by atoms with Crippen molar-refractivity contribution >= 4 is 24.7 Å². The molecule has 39 heavy (non-hydrogen) atoms. The first-order valence-electron chi connectivity index (χ1n) is 13.3. The third-order valence-electron chi connectivity index (χ3n) is 7.34. The number of esters is 1. The number of carbonyl (C=O) groups is 1. The lowest BCUT2D eigenvalue weighted by Gasteiger charge is -2.43. The van der Waals surface area contributed by atoms with E-state index in [1.54, 1.807) is 32.9 Å². The van der Waals surface area contributed by atoms with Crippen LogP contribution < -0.4 is 10.4 Å². The molecule has 3 aromatic carbocycles. The van der Waals surface area contributed by atoms with Gasteiger partial charge in [0.2, 0.25) is 0 Å². The maximum Gasteiger partial charge on any atom is 0.398 e. The lowest BCUT2D eigenvalue weighted by Crippen LogP contribution is -2.66. The summed E-state index contributed by atoms with van der Waals surface area (Å²) in [4.78, 5) is 13.0. The van der Waals surface area contributed by atoms with E-state index in [0.29, 0.717) is 5.56 Å². The van der Waals surface area contributed by atoms with Gasteiger partial charge in [-0.2, -0.15) is 13.2 Å². The summed E-state index contributed by atoms with van der Waals surface area (Å²) in [7, 11) is -2.94. The fourth-order valence-corrected chi connectivity index (χ4v) is 9.86. The highest BCUT2D eigenvalue weighted by molar-refractivity contribution is 6.99. The fraction of sp³-hybridized carbons (Fsp3) is 0.406. The number of alkyl halides is 3. The van der Waals surface area contributed by atoms with Gasteiger partial charge in [0.05, 0.1) is 17.6 Å². The summed E-state index contributed by atoms with van der Waals surface area (Å²) in [6, 6.07) is 24.6. The SMILES string of the molecule is CC(C)(C)OC(=O)c1cc(CO[Si](c2ccccc2)(c2ccccc2)C(C)(C)C)cc(C2(C(F)(F)F)CC2)c1. The predicted octanol–water partition coefficient (Wildman–Crippen LogP) is 7.31. The summed E-state index contributed by atoms with van der Waals surface area (Å²) < 4.78 is 55.0. The Bertz CT molecular complexity index is 1260. The quantitative estimate of drug-likeness (QED) is 0.227. The van der Waals surface area contributed by atoms with Crippen LogP contribution in [0.1, 0.15) is 75.9 Å². The summed E-state index contributed by atoms with van der Waals surface area (Å²) in [5, 5.41) is 1.84. The van der Waals surface area contributed by atoms with Gasteiger partial charge in [-0.3, -0.25) is 0 Å². The number of rotatable bonds is 7. The van der Waals surface area contributed by atoms with Gasteiger partial charge in [0.15, 0.2) is 0 Å². The molecule has 0 spiro atoms. The summed E-state index contributed by atoms with van der Waals surface area (Å²) in [6.07, 6.45) is -4.40. The number of benzene rings is 3. The number of ether oxygens (including phenoxy) is 1. The van der Waals surface area contributed by atoms with Crippen molar-refractivity contribution in [2.75, 3.05) is 0 Å². The molecule has 4 rings (SSSR count). The van der Waals surface area contributed by atoms with Crippen LogP contribution in [0.5, 0.6) is 0 Å². The Labute approximate surface area is 230 Å². The van der Waals surface area contributed by atoms with E-state index < -0.39 is 31.5 Å². The van der Waals surface area contributed by atoms with Crippen LogP contribution in [0.3, 0.4) is 0 Å². The maximum absolute atomic E-state index is 14.2. The molecule has 0 amide bonds. The molecule has 0 atom stereocenters. The van der Waals surface area contributed by atoms with E-state index in [1.165, 1.54) is 6.07 Å².